The number of aryl methyl sites for hydroxylation is 1. The van der Waals surface area contributed by atoms with E-state index in [0.717, 1.165) is 11.3 Å². The molecule has 1 heterocycles. The molecule has 0 saturated heterocycles. The molecule has 0 saturated carbocycles. The third-order valence-corrected chi connectivity index (χ3v) is 6.92. The van der Waals surface area contributed by atoms with Gasteiger partial charge in [0.15, 0.2) is 5.13 Å². The van der Waals surface area contributed by atoms with Crippen LogP contribution in [-0.2, 0) is 14.8 Å². The zero-order chi connectivity index (χ0) is 24.2. The molecule has 0 unspecified atom stereocenters. The lowest BCUT2D eigenvalue weighted by Crippen LogP contribution is -2.13. The van der Waals surface area contributed by atoms with Gasteiger partial charge in [-0.3, -0.25) is 14.3 Å². The lowest BCUT2D eigenvalue weighted by atomic mass is 10.2. The van der Waals surface area contributed by atoms with Crippen molar-refractivity contribution in [2.24, 2.45) is 0 Å². The minimum Gasteiger partial charge on any atom is -0.497 e. The summed E-state index contributed by atoms with van der Waals surface area (Å²) in [6, 6.07) is 10.7. The Morgan fingerprint density at radius 2 is 1.70 bits per heavy atom. The highest BCUT2D eigenvalue weighted by atomic mass is 32.2. The molecule has 10 nitrogen and oxygen atoms in total. The molecule has 0 atom stereocenters. The zero-order valence-electron chi connectivity index (χ0n) is 18.3. The molecule has 3 aromatic rings. The van der Waals surface area contributed by atoms with Gasteiger partial charge in [0.05, 0.1) is 30.5 Å². The summed E-state index contributed by atoms with van der Waals surface area (Å²) < 4.78 is 38.0. The van der Waals surface area contributed by atoms with Crippen LogP contribution < -0.4 is 24.8 Å². The molecular formula is C21H22N4O6S2. The molecule has 3 rings (SSSR count). The van der Waals surface area contributed by atoms with Gasteiger partial charge in [-0.05, 0) is 49.4 Å². The van der Waals surface area contributed by atoms with Crippen LogP contribution in [0.1, 0.15) is 22.3 Å². The van der Waals surface area contributed by atoms with E-state index in [0.29, 0.717) is 28.6 Å². The van der Waals surface area contributed by atoms with Gasteiger partial charge in [0.25, 0.3) is 15.9 Å². The monoisotopic (exact) mass is 490 g/mol. The Bertz CT molecular complexity index is 1290. The first-order valence-electron chi connectivity index (χ1n) is 9.54. The molecule has 0 spiro atoms. The van der Waals surface area contributed by atoms with Gasteiger partial charge >= 0.3 is 0 Å². The molecule has 0 aliphatic rings. The quantitative estimate of drug-likeness (QED) is 0.440. The number of nitrogens with one attached hydrogen (secondary N) is 3. The van der Waals surface area contributed by atoms with Gasteiger partial charge in [0.1, 0.15) is 16.4 Å². The van der Waals surface area contributed by atoms with Gasteiger partial charge in [0, 0.05) is 12.6 Å². The van der Waals surface area contributed by atoms with Crippen molar-refractivity contribution in [3.05, 3.63) is 53.0 Å². The van der Waals surface area contributed by atoms with Gasteiger partial charge in [0.2, 0.25) is 5.91 Å². The van der Waals surface area contributed by atoms with Crippen molar-refractivity contribution >= 4 is 49.7 Å². The third-order valence-electron chi connectivity index (χ3n) is 4.36. The van der Waals surface area contributed by atoms with Gasteiger partial charge in [-0.2, -0.15) is 0 Å². The van der Waals surface area contributed by atoms with Gasteiger partial charge in [-0.1, -0.05) is 11.3 Å². The van der Waals surface area contributed by atoms with E-state index >= 15 is 0 Å². The number of benzene rings is 2. The van der Waals surface area contributed by atoms with E-state index in [4.69, 9.17) is 9.47 Å². The normalized spacial score (nSPS) is 10.9. The number of rotatable bonds is 8. The summed E-state index contributed by atoms with van der Waals surface area (Å²) in [5, 5.41) is 5.40. The van der Waals surface area contributed by atoms with Crippen LogP contribution in [0.25, 0.3) is 0 Å². The number of carbonyl (C=O) groups is 2. The maximum atomic E-state index is 12.9. The minimum atomic E-state index is -3.90. The molecule has 0 aliphatic heterocycles. The number of nitrogens with zero attached hydrogens (tertiary/aromatic N) is 1. The Morgan fingerprint density at radius 1 is 1.00 bits per heavy atom. The number of thiazole rings is 1. The zero-order valence-corrected chi connectivity index (χ0v) is 19.9. The highest BCUT2D eigenvalue weighted by Gasteiger charge is 2.21. The Morgan fingerprint density at radius 3 is 2.30 bits per heavy atom. The Labute approximate surface area is 195 Å². The van der Waals surface area contributed by atoms with Crippen molar-refractivity contribution in [2.45, 2.75) is 18.7 Å². The molecule has 0 fully saturated rings. The number of methoxy groups -OCH3 is 2. The molecule has 12 heteroatoms. The van der Waals surface area contributed by atoms with Gasteiger partial charge in [-0.15, -0.1) is 0 Å². The van der Waals surface area contributed by atoms with Crippen molar-refractivity contribution in [1.29, 1.82) is 0 Å². The van der Waals surface area contributed by atoms with Crippen molar-refractivity contribution < 1.29 is 27.5 Å². The maximum Gasteiger partial charge on any atom is 0.267 e. The summed E-state index contributed by atoms with van der Waals surface area (Å²) in [6.45, 7) is 2.97. The first kappa shape index (κ1) is 24.0. The largest absolute Gasteiger partial charge is 0.497 e. The highest BCUT2D eigenvalue weighted by Crippen LogP contribution is 2.31. The van der Waals surface area contributed by atoms with Crippen LogP contribution in [0, 0.1) is 6.92 Å². The molecular weight excluding hydrogens is 468 g/mol. The van der Waals surface area contributed by atoms with E-state index in [1.165, 1.54) is 45.4 Å². The van der Waals surface area contributed by atoms with Gasteiger partial charge in [-0.25, -0.2) is 13.4 Å². The first-order valence-corrected chi connectivity index (χ1v) is 11.8. The molecule has 3 N–H and O–H groups in total. The second-order valence-electron chi connectivity index (χ2n) is 6.76. The third kappa shape index (κ3) is 5.79. The van der Waals surface area contributed by atoms with Crippen LogP contribution in [-0.4, -0.2) is 39.4 Å². The average Bonchev–Trinajstić information content (AvgIpc) is 3.13. The number of amides is 2. The van der Waals surface area contributed by atoms with Crippen molar-refractivity contribution in [1.82, 2.24) is 4.98 Å². The van der Waals surface area contributed by atoms with Crippen LogP contribution in [0.5, 0.6) is 11.5 Å². The SMILES string of the molecule is COc1ccc(S(=O)(=O)Nc2nc(C)c(C(=O)Nc3cc(NC(C)=O)ccc3OC)s2)cc1. The van der Waals surface area contributed by atoms with Crippen molar-refractivity contribution in [2.75, 3.05) is 29.6 Å². The predicted molar refractivity (Wildman–Crippen MR) is 126 cm³/mol. The smallest absolute Gasteiger partial charge is 0.267 e. The van der Waals surface area contributed by atoms with E-state index in [1.807, 2.05) is 0 Å². The number of aromatic nitrogens is 1. The molecule has 0 radical (unpaired) electrons. The van der Waals surface area contributed by atoms with E-state index in [1.54, 1.807) is 25.1 Å². The summed E-state index contributed by atoms with van der Waals surface area (Å²) in [7, 11) is -0.968. The fourth-order valence-corrected chi connectivity index (χ4v) is 4.94. The van der Waals surface area contributed by atoms with Crippen LogP contribution in [0.2, 0.25) is 0 Å². The molecule has 33 heavy (non-hydrogen) atoms. The number of carbonyl (C=O) groups excluding carboxylic acids is 2. The van der Waals surface area contributed by atoms with Crippen molar-refractivity contribution in [3.63, 3.8) is 0 Å². The van der Waals surface area contributed by atoms with E-state index < -0.39 is 15.9 Å². The molecule has 2 aromatic carbocycles. The van der Waals surface area contributed by atoms with E-state index in [9.17, 15) is 18.0 Å². The Kier molecular flexibility index (Phi) is 7.19. The summed E-state index contributed by atoms with van der Waals surface area (Å²) in [5.74, 6) is 0.152. The predicted octanol–water partition coefficient (Wildman–Crippen LogP) is 3.48. The topological polar surface area (TPSA) is 136 Å². The van der Waals surface area contributed by atoms with Crippen LogP contribution >= 0.6 is 11.3 Å². The van der Waals surface area contributed by atoms with Crippen LogP contribution in [0.3, 0.4) is 0 Å². The van der Waals surface area contributed by atoms with E-state index in [2.05, 4.69) is 20.3 Å². The second kappa shape index (κ2) is 9.88. The fourth-order valence-electron chi connectivity index (χ4n) is 2.85. The molecule has 2 amide bonds. The lowest BCUT2D eigenvalue weighted by molar-refractivity contribution is -0.114. The number of hydrogen-bond donors (Lipinski definition) is 3. The number of ether oxygens (including phenoxy) is 2. The van der Waals surface area contributed by atoms with Crippen LogP contribution in [0.15, 0.2) is 47.4 Å². The summed E-state index contributed by atoms with van der Waals surface area (Å²) >= 11 is 0.896. The fraction of sp³-hybridized carbons (Fsp3) is 0.190. The summed E-state index contributed by atoms with van der Waals surface area (Å²) in [4.78, 5) is 28.6. The summed E-state index contributed by atoms with van der Waals surface area (Å²) in [6.07, 6.45) is 0. The first-order chi connectivity index (χ1) is 15.6. The number of sulfonamides is 1. The average molecular weight is 491 g/mol. The Hall–Kier alpha value is -3.64. The van der Waals surface area contributed by atoms with Gasteiger partial charge < -0.3 is 20.1 Å². The second-order valence-corrected chi connectivity index (χ2v) is 9.45. The minimum absolute atomic E-state index is 0.0293. The number of hydrogen-bond acceptors (Lipinski definition) is 8. The van der Waals surface area contributed by atoms with E-state index in [-0.39, 0.29) is 20.8 Å². The standard InChI is InChI=1S/C21H22N4O6S2/c1-12-19(20(27)24-17-11-14(23-13(2)26)5-10-18(17)31-4)32-21(22-12)25-33(28,29)16-8-6-15(30-3)7-9-16/h5-11H,1-4H3,(H,22,25)(H,23,26)(H,24,27). The molecule has 1 aromatic heterocycles. The molecule has 174 valence electrons. The van der Waals surface area contributed by atoms with Crippen LogP contribution in [0.4, 0.5) is 16.5 Å². The summed E-state index contributed by atoms with van der Waals surface area (Å²) in [5.41, 5.74) is 1.16. The lowest BCUT2D eigenvalue weighted by Gasteiger charge is -2.12. The van der Waals surface area contributed by atoms with Crippen molar-refractivity contribution in [3.8, 4) is 11.5 Å². The highest BCUT2D eigenvalue weighted by molar-refractivity contribution is 7.93. The molecule has 0 bridgehead atoms. The maximum absolute atomic E-state index is 12.9. The Balaban J connectivity index is 1.81. The number of anilines is 3. The molecule has 0 aliphatic carbocycles.